The van der Waals surface area contributed by atoms with Gasteiger partial charge in [0.05, 0.1) is 24.0 Å². The molecule has 2 N–H and O–H groups in total. The number of rotatable bonds is 7. The van der Waals surface area contributed by atoms with Gasteiger partial charge in [-0.15, -0.1) is 0 Å². The summed E-state index contributed by atoms with van der Waals surface area (Å²) in [5.41, 5.74) is 0. The summed E-state index contributed by atoms with van der Waals surface area (Å²) in [6.45, 7) is 0.352. The number of carbonyl (C=O) groups excluding carboxylic acids is 3. The largest absolute Gasteiger partial charge is 0.481 e. The molecule has 3 aliphatic heterocycles. The Kier molecular flexibility index (Phi) is 4.34. The van der Waals surface area contributed by atoms with Crippen LogP contribution in [0.15, 0.2) is 0 Å². The Morgan fingerprint density at radius 2 is 1.74 bits per heavy atom. The SMILES string of the molecule is O=C(O)CCCNC(=O)CCN1C(=O)C2C3CCC(O3)C2C1=O. The lowest BCUT2D eigenvalue weighted by molar-refractivity contribution is -0.143. The van der Waals surface area contributed by atoms with E-state index in [4.69, 9.17) is 9.84 Å². The zero-order chi connectivity index (χ0) is 16.6. The van der Waals surface area contributed by atoms with Crippen molar-refractivity contribution < 1.29 is 29.0 Å². The Labute approximate surface area is 133 Å². The lowest BCUT2D eigenvalue weighted by atomic mass is 9.81. The molecular weight excluding hydrogens is 304 g/mol. The first kappa shape index (κ1) is 15.9. The van der Waals surface area contributed by atoms with Gasteiger partial charge in [0.15, 0.2) is 0 Å². The predicted octanol–water partition coefficient (Wildman–Crippen LogP) is -0.480. The highest BCUT2D eigenvalue weighted by Gasteiger charge is 2.62. The van der Waals surface area contributed by atoms with E-state index in [-0.39, 0.29) is 67.7 Å². The van der Waals surface area contributed by atoms with E-state index in [0.717, 1.165) is 12.8 Å². The third kappa shape index (κ3) is 2.95. The van der Waals surface area contributed by atoms with Crippen LogP contribution < -0.4 is 5.32 Å². The first-order valence-corrected chi connectivity index (χ1v) is 7.98. The summed E-state index contributed by atoms with van der Waals surface area (Å²) in [6, 6.07) is 0. The van der Waals surface area contributed by atoms with Crippen molar-refractivity contribution >= 4 is 23.7 Å². The summed E-state index contributed by atoms with van der Waals surface area (Å²) in [4.78, 5) is 48.0. The number of nitrogens with zero attached hydrogens (tertiary/aromatic N) is 1. The van der Waals surface area contributed by atoms with Crippen LogP contribution in [-0.2, 0) is 23.9 Å². The Morgan fingerprint density at radius 1 is 1.13 bits per heavy atom. The highest BCUT2D eigenvalue weighted by Crippen LogP contribution is 2.48. The highest BCUT2D eigenvalue weighted by atomic mass is 16.5. The Bertz CT molecular complexity index is 520. The number of aliphatic carboxylic acids is 1. The van der Waals surface area contributed by atoms with E-state index in [9.17, 15) is 19.2 Å². The number of hydrogen-bond acceptors (Lipinski definition) is 5. The van der Waals surface area contributed by atoms with Gasteiger partial charge in [-0.05, 0) is 19.3 Å². The van der Waals surface area contributed by atoms with Gasteiger partial charge in [-0.25, -0.2) is 0 Å². The van der Waals surface area contributed by atoms with Crippen molar-refractivity contribution in [3.05, 3.63) is 0 Å². The molecule has 8 heteroatoms. The zero-order valence-electron chi connectivity index (χ0n) is 12.7. The second kappa shape index (κ2) is 6.27. The monoisotopic (exact) mass is 324 g/mol. The fraction of sp³-hybridized carbons (Fsp3) is 0.733. The molecule has 3 saturated heterocycles. The van der Waals surface area contributed by atoms with Crippen LogP contribution in [0.3, 0.4) is 0 Å². The number of fused-ring (bicyclic) bond motifs is 5. The number of imide groups is 1. The van der Waals surface area contributed by atoms with Gasteiger partial charge in [0.1, 0.15) is 0 Å². The highest BCUT2D eigenvalue weighted by molar-refractivity contribution is 6.06. The molecule has 0 radical (unpaired) electrons. The average Bonchev–Trinajstić information content (AvgIpc) is 3.17. The number of carboxylic acid groups (broad SMARTS) is 1. The molecule has 126 valence electrons. The van der Waals surface area contributed by atoms with E-state index in [1.165, 1.54) is 4.90 Å². The van der Waals surface area contributed by atoms with Crippen molar-refractivity contribution in [2.45, 2.75) is 44.3 Å². The smallest absolute Gasteiger partial charge is 0.303 e. The molecule has 3 aliphatic rings. The number of likely N-dealkylation sites (tertiary alicyclic amines) is 1. The van der Waals surface area contributed by atoms with Crippen LogP contribution in [0.1, 0.15) is 32.1 Å². The van der Waals surface area contributed by atoms with Gasteiger partial charge in [0, 0.05) is 25.9 Å². The predicted molar refractivity (Wildman–Crippen MR) is 76.1 cm³/mol. The number of amides is 3. The molecule has 4 unspecified atom stereocenters. The van der Waals surface area contributed by atoms with Gasteiger partial charge in [0.25, 0.3) is 0 Å². The molecule has 3 fully saturated rings. The fourth-order valence-electron chi connectivity index (χ4n) is 3.76. The van der Waals surface area contributed by atoms with Crippen molar-refractivity contribution in [3.8, 4) is 0 Å². The third-order valence-electron chi connectivity index (χ3n) is 4.83. The quantitative estimate of drug-likeness (QED) is 0.483. The second-order valence-corrected chi connectivity index (χ2v) is 6.27. The molecule has 0 spiro atoms. The van der Waals surface area contributed by atoms with Crippen LogP contribution in [-0.4, -0.2) is 59.0 Å². The maximum atomic E-state index is 12.4. The van der Waals surface area contributed by atoms with Crippen molar-refractivity contribution in [1.82, 2.24) is 10.2 Å². The zero-order valence-corrected chi connectivity index (χ0v) is 12.7. The fourth-order valence-corrected chi connectivity index (χ4v) is 3.76. The van der Waals surface area contributed by atoms with Gasteiger partial charge in [-0.1, -0.05) is 0 Å². The summed E-state index contributed by atoms with van der Waals surface area (Å²) in [5.74, 6) is -2.35. The summed E-state index contributed by atoms with van der Waals surface area (Å²) < 4.78 is 5.64. The molecule has 23 heavy (non-hydrogen) atoms. The molecule has 0 aromatic heterocycles. The van der Waals surface area contributed by atoms with Crippen LogP contribution in [0.2, 0.25) is 0 Å². The topological polar surface area (TPSA) is 113 Å². The molecule has 3 amide bonds. The van der Waals surface area contributed by atoms with Crippen LogP contribution in [0.5, 0.6) is 0 Å². The summed E-state index contributed by atoms with van der Waals surface area (Å²) in [5, 5.41) is 11.1. The average molecular weight is 324 g/mol. The first-order chi connectivity index (χ1) is 11.0. The van der Waals surface area contributed by atoms with Crippen molar-refractivity contribution in [2.24, 2.45) is 11.8 Å². The molecule has 2 bridgehead atoms. The van der Waals surface area contributed by atoms with E-state index in [0.29, 0.717) is 6.42 Å². The van der Waals surface area contributed by atoms with Crippen molar-refractivity contribution in [2.75, 3.05) is 13.1 Å². The minimum atomic E-state index is -0.907. The third-order valence-corrected chi connectivity index (χ3v) is 4.83. The molecule has 0 aromatic rings. The number of hydrogen-bond donors (Lipinski definition) is 2. The van der Waals surface area contributed by atoms with E-state index in [1.54, 1.807) is 0 Å². The van der Waals surface area contributed by atoms with Crippen molar-refractivity contribution in [1.29, 1.82) is 0 Å². The lowest BCUT2D eigenvalue weighted by Gasteiger charge is -2.17. The lowest BCUT2D eigenvalue weighted by Crippen LogP contribution is -2.37. The molecule has 3 heterocycles. The maximum absolute atomic E-state index is 12.4. The molecule has 3 rings (SSSR count). The van der Waals surface area contributed by atoms with Gasteiger partial charge in [-0.2, -0.15) is 0 Å². The number of ether oxygens (including phenoxy) is 1. The van der Waals surface area contributed by atoms with E-state index >= 15 is 0 Å². The minimum absolute atomic E-state index is 0.00445. The van der Waals surface area contributed by atoms with Crippen LogP contribution >= 0.6 is 0 Å². The second-order valence-electron chi connectivity index (χ2n) is 6.27. The van der Waals surface area contributed by atoms with Gasteiger partial charge >= 0.3 is 5.97 Å². The molecule has 0 saturated carbocycles. The Hall–Kier alpha value is -1.96. The summed E-state index contributed by atoms with van der Waals surface area (Å²) in [6.07, 6.45) is 1.75. The number of carbonyl (C=O) groups is 4. The van der Waals surface area contributed by atoms with E-state index in [2.05, 4.69) is 5.32 Å². The molecule has 4 atom stereocenters. The molecule has 8 nitrogen and oxygen atoms in total. The Balaban J connectivity index is 1.46. The summed E-state index contributed by atoms with van der Waals surface area (Å²) >= 11 is 0. The van der Waals surface area contributed by atoms with Crippen molar-refractivity contribution in [3.63, 3.8) is 0 Å². The van der Waals surface area contributed by atoms with Crippen LogP contribution in [0, 0.1) is 11.8 Å². The number of nitrogens with one attached hydrogen (secondary N) is 1. The standard InChI is InChI=1S/C15H20N2O6/c18-10(16-6-1-2-11(19)20)5-7-17-14(21)12-8-3-4-9(23-8)13(12)15(17)22/h8-9,12-13H,1-7H2,(H,16,18)(H,19,20). The minimum Gasteiger partial charge on any atom is -0.481 e. The Morgan fingerprint density at radius 3 is 2.30 bits per heavy atom. The van der Waals surface area contributed by atoms with Crippen LogP contribution in [0.4, 0.5) is 0 Å². The van der Waals surface area contributed by atoms with Crippen LogP contribution in [0.25, 0.3) is 0 Å². The molecule has 0 aromatic carbocycles. The normalized spacial score (nSPS) is 31.6. The first-order valence-electron chi connectivity index (χ1n) is 7.98. The number of carboxylic acids is 1. The molecular formula is C15H20N2O6. The van der Waals surface area contributed by atoms with Gasteiger partial charge in [-0.3, -0.25) is 24.1 Å². The summed E-state index contributed by atoms with van der Waals surface area (Å²) in [7, 11) is 0. The van der Waals surface area contributed by atoms with Gasteiger partial charge < -0.3 is 15.2 Å². The molecule has 0 aliphatic carbocycles. The van der Waals surface area contributed by atoms with E-state index in [1.807, 2.05) is 0 Å². The maximum Gasteiger partial charge on any atom is 0.303 e. The van der Waals surface area contributed by atoms with Gasteiger partial charge in [0.2, 0.25) is 17.7 Å². The van der Waals surface area contributed by atoms with E-state index < -0.39 is 5.97 Å².